The Morgan fingerprint density at radius 2 is 2.33 bits per heavy atom. The summed E-state index contributed by atoms with van der Waals surface area (Å²) in [6, 6.07) is 0.435. The molecule has 1 radical (unpaired) electrons. The van der Waals surface area contributed by atoms with E-state index in [0.29, 0.717) is 6.04 Å². The molecule has 4 nitrogen and oxygen atoms in total. The van der Waals surface area contributed by atoms with Crippen LogP contribution in [0.5, 0.6) is 0 Å². The van der Waals surface area contributed by atoms with E-state index in [-0.39, 0.29) is 0 Å². The average Bonchev–Trinajstić information content (AvgIpc) is 2.70. The van der Waals surface area contributed by atoms with Crippen molar-refractivity contribution in [2.75, 3.05) is 5.43 Å². The van der Waals surface area contributed by atoms with E-state index in [1.165, 1.54) is 25.7 Å². The maximum Gasteiger partial charge on any atom is 0.0715 e. The van der Waals surface area contributed by atoms with E-state index < -0.39 is 0 Å². The third-order valence-electron chi connectivity index (χ3n) is 2.34. The number of unbranched alkanes of at least 4 members (excludes halogenated alkanes) is 4. The van der Waals surface area contributed by atoms with Crippen LogP contribution in [-0.4, -0.2) is 21.1 Å². The molecule has 0 aliphatic heterocycles. The smallest absolute Gasteiger partial charge is 0.0715 e. The van der Waals surface area contributed by atoms with E-state index in [1.54, 1.807) is 11.0 Å². The first kappa shape index (κ1) is 12.0. The molecule has 1 atom stereocenters. The van der Waals surface area contributed by atoms with Gasteiger partial charge in [0.05, 0.1) is 12.4 Å². The predicted molar refractivity (Wildman–Crippen MR) is 61.9 cm³/mol. The van der Waals surface area contributed by atoms with Gasteiger partial charge in [-0.05, 0) is 31.4 Å². The first-order valence-corrected chi connectivity index (χ1v) is 5.77. The number of hydrogen-bond donors (Lipinski definition) is 1. The molecule has 1 heterocycles. The number of nitrogens with zero attached hydrogens (tertiary/aromatic N) is 3. The van der Waals surface area contributed by atoms with Gasteiger partial charge in [0.1, 0.15) is 0 Å². The van der Waals surface area contributed by atoms with Crippen LogP contribution in [0.1, 0.15) is 46.0 Å². The normalized spacial score (nSPS) is 12.7. The molecule has 0 aliphatic rings. The molecule has 0 aromatic carbocycles. The zero-order chi connectivity index (χ0) is 10.9. The summed E-state index contributed by atoms with van der Waals surface area (Å²) in [6.45, 7) is 4.39. The zero-order valence-electron chi connectivity index (χ0n) is 9.69. The van der Waals surface area contributed by atoms with E-state index in [0.717, 1.165) is 6.42 Å². The van der Waals surface area contributed by atoms with Gasteiger partial charge < -0.3 is 5.43 Å². The third-order valence-corrected chi connectivity index (χ3v) is 2.34. The van der Waals surface area contributed by atoms with Gasteiger partial charge in [-0.2, -0.15) is 4.79 Å². The van der Waals surface area contributed by atoms with E-state index >= 15 is 0 Å². The molecule has 85 valence electrons. The van der Waals surface area contributed by atoms with Crippen molar-refractivity contribution >= 4 is 0 Å². The van der Waals surface area contributed by atoms with Crippen LogP contribution < -0.4 is 5.43 Å². The number of aromatic nitrogens is 3. The summed E-state index contributed by atoms with van der Waals surface area (Å²) in [4.78, 5) is 1.66. The standard InChI is InChI=1S/C11H21N4/c1-3-4-5-6-7-8-11(2)13-15-10-9-12-14-15/h6,9-11,13H,3-5,7-8H2,1-2H3. The Bertz CT molecular complexity index is 233. The fraction of sp³-hybridized carbons (Fsp3) is 0.727. The molecule has 0 bridgehead atoms. The number of nitrogens with one attached hydrogen (secondary N) is 1. The molecule has 0 amide bonds. The van der Waals surface area contributed by atoms with E-state index in [2.05, 4.69) is 36.0 Å². The quantitative estimate of drug-likeness (QED) is 0.668. The molecule has 0 aliphatic carbocycles. The summed E-state index contributed by atoms with van der Waals surface area (Å²) in [6.07, 6.45) is 12.0. The lowest BCUT2D eigenvalue weighted by molar-refractivity contribution is 0.574. The highest BCUT2D eigenvalue weighted by Crippen LogP contribution is 2.06. The minimum Gasteiger partial charge on any atom is -0.306 e. The van der Waals surface area contributed by atoms with Crippen molar-refractivity contribution in [1.29, 1.82) is 0 Å². The average molecular weight is 209 g/mol. The Hall–Kier alpha value is -1.06. The van der Waals surface area contributed by atoms with Crippen molar-refractivity contribution < 1.29 is 0 Å². The van der Waals surface area contributed by atoms with E-state index in [9.17, 15) is 0 Å². The second-order valence-corrected chi connectivity index (χ2v) is 3.89. The SMILES string of the molecule is CCCC[CH]CCC(C)Nn1ccnn1. The third kappa shape index (κ3) is 5.40. The topological polar surface area (TPSA) is 42.7 Å². The summed E-state index contributed by atoms with van der Waals surface area (Å²) >= 11 is 0. The van der Waals surface area contributed by atoms with Gasteiger partial charge in [0.2, 0.25) is 0 Å². The van der Waals surface area contributed by atoms with Crippen molar-refractivity contribution in [3.63, 3.8) is 0 Å². The van der Waals surface area contributed by atoms with Gasteiger partial charge >= 0.3 is 0 Å². The fourth-order valence-electron chi connectivity index (χ4n) is 1.43. The van der Waals surface area contributed by atoms with Crippen LogP contribution in [0, 0.1) is 6.42 Å². The maximum absolute atomic E-state index is 3.86. The second-order valence-electron chi connectivity index (χ2n) is 3.89. The van der Waals surface area contributed by atoms with Crippen LogP contribution in [0.4, 0.5) is 0 Å². The zero-order valence-corrected chi connectivity index (χ0v) is 9.69. The molecule has 0 saturated carbocycles. The molecule has 1 aromatic rings. The minimum absolute atomic E-state index is 0.435. The molecule has 0 saturated heterocycles. The van der Waals surface area contributed by atoms with Gasteiger partial charge in [-0.3, -0.25) is 0 Å². The van der Waals surface area contributed by atoms with Crippen molar-refractivity contribution in [2.45, 2.75) is 52.0 Å². The van der Waals surface area contributed by atoms with E-state index in [1.807, 2.05) is 6.20 Å². The molecule has 1 rings (SSSR count). The highest BCUT2D eigenvalue weighted by molar-refractivity contribution is 4.79. The van der Waals surface area contributed by atoms with Gasteiger partial charge in [-0.15, -0.1) is 5.10 Å². The lowest BCUT2D eigenvalue weighted by Gasteiger charge is -2.13. The Kier molecular flexibility index (Phi) is 5.81. The van der Waals surface area contributed by atoms with Gasteiger partial charge in [-0.25, -0.2) is 0 Å². The molecular formula is C11H21N4. The fourth-order valence-corrected chi connectivity index (χ4v) is 1.43. The molecular weight excluding hydrogens is 188 g/mol. The van der Waals surface area contributed by atoms with Gasteiger partial charge in [-0.1, -0.05) is 26.2 Å². The Morgan fingerprint density at radius 3 is 3.00 bits per heavy atom. The first-order chi connectivity index (χ1) is 7.33. The highest BCUT2D eigenvalue weighted by atomic mass is 15.6. The summed E-state index contributed by atoms with van der Waals surface area (Å²) in [5.41, 5.74) is 3.24. The van der Waals surface area contributed by atoms with Crippen LogP contribution in [0.3, 0.4) is 0 Å². The van der Waals surface area contributed by atoms with Crippen LogP contribution in [-0.2, 0) is 0 Å². The largest absolute Gasteiger partial charge is 0.306 e. The first-order valence-electron chi connectivity index (χ1n) is 5.77. The van der Waals surface area contributed by atoms with Gasteiger partial charge in [0, 0.05) is 6.04 Å². The van der Waals surface area contributed by atoms with Gasteiger partial charge in [0.15, 0.2) is 0 Å². The van der Waals surface area contributed by atoms with Crippen LogP contribution >= 0.6 is 0 Å². The lowest BCUT2D eigenvalue weighted by Crippen LogP contribution is -2.25. The molecule has 15 heavy (non-hydrogen) atoms. The summed E-state index contributed by atoms with van der Waals surface area (Å²) in [5.74, 6) is 0. The Labute approximate surface area is 92.0 Å². The molecule has 0 fully saturated rings. The monoisotopic (exact) mass is 209 g/mol. The van der Waals surface area contributed by atoms with Crippen LogP contribution in [0.2, 0.25) is 0 Å². The summed E-state index contributed by atoms with van der Waals surface area (Å²) < 4.78 is 0. The number of rotatable bonds is 8. The summed E-state index contributed by atoms with van der Waals surface area (Å²) in [7, 11) is 0. The summed E-state index contributed by atoms with van der Waals surface area (Å²) in [5, 5.41) is 7.60. The van der Waals surface area contributed by atoms with Crippen molar-refractivity contribution in [1.82, 2.24) is 15.1 Å². The maximum atomic E-state index is 3.86. The van der Waals surface area contributed by atoms with Crippen LogP contribution in [0.25, 0.3) is 0 Å². The van der Waals surface area contributed by atoms with Crippen LogP contribution in [0.15, 0.2) is 12.4 Å². The predicted octanol–water partition coefficient (Wildman–Crippen LogP) is 2.38. The second kappa shape index (κ2) is 7.26. The highest BCUT2D eigenvalue weighted by Gasteiger charge is 2.01. The molecule has 1 unspecified atom stereocenters. The number of hydrogen-bond acceptors (Lipinski definition) is 3. The molecule has 1 N–H and O–H groups in total. The molecule has 4 heteroatoms. The Morgan fingerprint density at radius 1 is 1.47 bits per heavy atom. The minimum atomic E-state index is 0.435. The van der Waals surface area contributed by atoms with Crippen molar-refractivity contribution in [3.05, 3.63) is 18.8 Å². The van der Waals surface area contributed by atoms with Crippen molar-refractivity contribution in [3.8, 4) is 0 Å². The lowest BCUT2D eigenvalue weighted by atomic mass is 10.1. The van der Waals surface area contributed by atoms with E-state index in [4.69, 9.17) is 0 Å². The molecule has 0 spiro atoms. The Balaban J connectivity index is 2.01. The molecule has 1 aromatic heterocycles. The van der Waals surface area contributed by atoms with Crippen molar-refractivity contribution in [2.24, 2.45) is 0 Å². The van der Waals surface area contributed by atoms with Gasteiger partial charge in [0.25, 0.3) is 0 Å².